The van der Waals surface area contributed by atoms with Crippen LogP contribution in [-0.2, 0) is 37.6 Å². The third-order valence-electron chi connectivity index (χ3n) is 8.13. The number of carboxylic acid groups (broad SMARTS) is 1. The largest absolute Gasteiger partial charge is 0.543 e. The van der Waals surface area contributed by atoms with Crippen LogP contribution in [0.5, 0.6) is 0 Å². The number of nitrogens with one attached hydrogen (secondary N) is 1. The van der Waals surface area contributed by atoms with Crippen molar-refractivity contribution in [1.29, 1.82) is 0 Å². The van der Waals surface area contributed by atoms with Gasteiger partial charge in [0.15, 0.2) is 17.0 Å². The molecule has 3 aliphatic heterocycles. The Morgan fingerprint density at radius 3 is 2.80 bits per heavy atom. The molecule has 0 spiro atoms. The third-order valence-corrected chi connectivity index (χ3v) is 10.1. The fourth-order valence-electron chi connectivity index (χ4n) is 5.76. The van der Waals surface area contributed by atoms with Crippen molar-refractivity contribution in [3.8, 4) is 0 Å². The Labute approximate surface area is 261 Å². The predicted octanol–water partition coefficient (Wildman–Crippen LogP) is -0.0241. The van der Waals surface area contributed by atoms with E-state index in [1.165, 1.54) is 11.8 Å². The summed E-state index contributed by atoms with van der Waals surface area (Å²) in [5.41, 5.74) is 7.36. The SMILES string of the molecule is C[n+]1ccccc1CN1CCC(=CC2=C(C(=O)[O-])N3C(=O)[C@@H](NC(=O)/C(=N\OC4CCCC4)c4csc(N)n4)[C@H]3SC2)C1=O. The fraction of sp³-hybridized carbons (Fsp3) is 0.414. The number of carbonyl (C=O) groups excluding carboxylic acids is 4. The van der Waals surface area contributed by atoms with Crippen molar-refractivity contribution in [2.75, 3.05) is 18.0 Å². The summed E-state index contributed by atoms with van der Waals surface area (Å²) >= 11 is 2.44. The second kappa shape index (κ2) is 12.4. The number of carbonyl (C=O) groups is 4. The molecule has 0 radical (unpaired) electrons. The molecule has 44 heavy (non-hydrogen) atoms. The number of likely N-dealkylation sites (tertiary alicyclic amines) is 1. The van der Waals surface area contributed by atoms with Crippen molar-refractivity contribution < 1.29 is 33.7 Å². The summed E-state index contributed by atoms with van der Waals surface area (Å²) in [6, 6.07) is 4.76. The highest BCUT2D eigenvalue weighted by Gasteiger charge is 2.53. The van der Waals surface area contributed by atoms with Crippen LogP contribution < -0.4 is 20.7 Å². The zero-order chi connectivity index (χ0) is 31.0. The molecular formula is C29H31N7O6S2. The molecule has 230 valence electrons. The molecule has 1 saturated carbocycles. The highest BCUT2D eigenvalue weighted by molar-refractivity contribution is 8.00. The lowest BCUT2D eigenvalue weighted by Crippen LogP contribution is -2.71. The van der Waals surface area contributed by atoms with Crippen LogP contribution in [0.2, 0.25) is 0 Å². The maximum atomic E-state index is 13.3. The van der Waals surface area contributed by atoms with Crippen LogP contribution in [0.15, 0.2) is 57.9 Å². The van der Waals surface area contributed by atoms with E-state index in [-0.39, 0.29) is 40.0 Å². The van der Waals surface area contributed by atoms with Gasteiger partial charge in [-0.3, -0.25) is 19.3 Å². The quantitative estimate of drug-likeness (QED) is 0.126. The smallest absolute Gasteiger partial charge is 0.276 e. The van der Waals surface area contributed by atoms with Gasteiger partial charge in [0.25, 0.3) is 11.8 Å². The summed E-state index contributed by atoms with van der Waals surface area (Å²) in [4.78, 5) is 64.7. The highest BCUT2D eigenvalue weighted by Crippen LogP contribution is 2.41. The molecule has 6 rings (SSSR count). The molecule has 3 N–H and O–H groups in total. The lowest BCUT2D eigenvalue weighted by atomic mass is 10.0. The number of aryl methyl sites for hydroxylation is 1. The standard InChI is InChI=1S/C29H31N7O6S2/c1-34-10-5-4-6-18(34)13-35-11-9-16(25(35)38)12-17-14-43-27-22(26(39)36(27)23(17)28(40)41)32-24(37)21(20-15-44-29(30)31-20)33-42-19-7-2-3-8-19/h4-6,10,12,15,19,22,27H,2-3,7-9,11,13-14H2,1H3,(H3-,30,31,32,37,40,41)/b16-12?,33-21-/t22-,27-/m1/s1. The number of carboxylic acids is 1. The molecule has 0 bridgehead atoms. The number of allylic oxidation sites excluding steroid dienone is 1. The van der Waals surface area contributed by atoms with Gasteiger partial charge in [0.2, 0.25) is 11.6 Å². The minimum atomic E-state index is -1.52. The van der Waals surface area contributed by atoms with Crippen molar-refractivity contribution in [2.45, 2.75) is 56.2 Å². The molecule has 4 aliphatic rings. The lowest BCUT2D eigenvalue weighted by molar-refractivity contribution is -0.680. The number of hydrogen-bond donors (Lipinski definition) is 2. The maximum absolute atomic E-state index is 13.3. The van der Waals surface area contributed by atoms with E-state index in [9.17, 15) is 24.3 Å². The molecule has 5 heterocycles. The summed E-state index contributed by atoms with van der Waals surface area (Å²) < 4.78 is 1.94. The van der Waals surface area contributed by atoms with Gasteiger partial charge in [-0.15, -0.1) is 23.1 Å². The van der Waals surface area contributed by atoms with Crippen LogP contribution in [0.1, 0.15) is 43.5 Å². The van der Waals surface area contributed by atoms with Gasteiger partial charge in [0, 0.05) is 35.4 Å². The zero-order valence-electron chi connectivity index (χ0n) is 23.9. The number of aromatic nitrogens is 2. The number of nitrogens with zero attached hydrogens (tertiary/aromatic N) is 5. The first-order valence-corrected chi connectivity index (χ1v) is 16.2. The third kappa shape index (κ3) is 5.80. The second-order valence-corrected chi connectivity index (χ2v) is 13.0. The first kappa shape index (κ1) is 29.8. The van der Waals surface area contributed by atoms with Crippen LogP contribution in [0.4, 0.5) is 5.13 Å². The zero-order valence-corrected chi connectivity index (χ0v) is 25.6. The summed E-state index contributed by atoms with van der Waals surface area (Å²) in [6.07, 6.45) is 7.52. The monoisotopic (exact) mass is 637 g/mol. The molecule has 0 aromatic carbocycles. The normalized spacial score (nSPS) is 23.3. The number of thioether (sulfide) groups is 1. The summed E-state index contributed by atoms with van der Waals surface area (Å²) in [5, 5.41) is 20.2. The van der Waals surface area contributed by atoms with Crippen molar-refractivity contribution in [3.63, 3.8) is 0 Å². The number of β-lactam (4-membered cyclic amide) rings is 1. The Bertz CT molecular complexity index is 1610. The number of anilines is 1. The molecule has 15 heteroatoms. The number of hydrogen-bond acceptors (Lipinski definition) is 11. The second-order valence-electron chi connectivity index (χ2n) is 11.0. The molecular weight excluding hydrogens is 606 g/mol. The van der Waals surface area contributed by atoms with Gasteiger partial charge in [-0.05, 0) is 43.8 Å². The van der Waals surface area contributed by atoms with Crippen LogP contribution in [0.3, 0.4) is 0 Å². The number of pyridine rings is 1. The van der Waals surface area contributed by atoms with Crippen molar-refractivity contribution in [3.05, 3.63) is 64.1 Å². The topological polar surface area (TPSA) is 174 Å². The molecule has 3 fully saturated rings. The fourth-order valence-corrected chi connectivity index (χ4v) is 7.61. The number of amides is 3. The lowest BCUT2D eigenvalue weighted by Gasteiger charge is -2.50. The molecule has 0 unspecified atom stereocenters. The van der Waals surface area contributed by atoms with Gasteiger partial charge < -0.3 is 30.7 Å². The Kier molecular flexibility index (Phi) is 8.40. The van der Waals surface area contributed by atoms with Crippen LogP contribution in [-0.4, -0.2) is 74.0 Å². The van der Waals surface area contributed by atoms with E-state index >= 15 is 0 Å². The molecule has 2 saturated heterocycles. The van der Waals surface area contributed by atoms with Gasteiger partial charge in [0.1, 0.15) is 36.8 Å². The number of rotatable bonds is 9. The number of fused-ring (bicyclic) bond motifs is 1. The molecule has 13 nitrogen and oxygen atoms in total. The van der Waals surface area contributed by atoms with E-state index in [1.807, 2.05) is 36.0 Å². The van der Waals surface area contributed by atoms with E-state index in [0.717, 1.165) is 47.6 Å². The molecule has 1 aliphatic carbocycles. The molecule has 3 amide bonds. The van der Waals surface area contributed by atoms with Crippen LogP contribution in [0, 0.1) is 0 Å². The van der Waals surface area contributed by atoms with Crippen molar-refractivity contribution >= 4 is 57.6 Å². The number of nitrogen functional groups attached to an aromatic ring is 1. The van der Waals surface area contributed by atoms with Gasteiger partial charge in [-0.25, -0.2) is 9.55 Å². The minimum absolute atomic E-state index is 0.105. The number of aliphatic carboxylic acids is 1. The number of nitrogens with two attached hydrogens (primary N) is 1. The summed E-state index contributed by atoms with van der Waals surface area (Å²) in [7, 11) is 1.91. The Morgan fingerprint density at radius 2 is 2.09 bits per heavy atom. The average Bonchev–Trinajstić information content (AvgIpc) is 3.76. The minimum Gasteiger partial charge on any atom is -0.543 e. The van der Waals surface area contributed by atoms with Gasteiger partial charge >= 0.3 is 0 Å². The molecule has 2 aromatic heterocycles. The van der Waals surface area contributed by atoms with E-state index in [0.29, 0.717) is 30.7 Å². The number of thiazole rings is 1. The molecule has 2 atom stereocenters. The van der Waals surface area contributed by atoms with E-state index < -0.39 is 29.2 Å². The maximum Gasteiger partial charge on any atom is 0.276 e. The van der Waals surface area contributed by atoms with Gasteiger partial charge in [-0.1, -0.05) is 11.2 Å². The Balaban J connectivity index is 1.17. The van der Waals surface area contributed by atoms with Crippen molar-refractivity contribution in [2.24, 2.45) is 12.2 Å². The highest BCUT2D eigenvalue weighted by atomic mass is 32.2. The van der Waals surface area contributed by atoms with E-state index in [4.69, 9.17) is 10.6 Å². The average molecular weight is 638 g/mol. The van der Waals surface area contributed by atoms with Gasteiger partial charge in [0.05, 0.1) is 11.7 Å². The molecule has 2 aromatic rings. The van der Waals surface area contributed by atoms with E-state index in [1.54, 1.807) is 16.4 Å². The van der Waals surface area contributed by atoms with Crippen LogP contribution >= 0.6 is 23.1 Å². The van der Waals surface area contributed by atoms with E-state index in [2.05, 4.69) is 15.5 Å². The summed E-state index contributed by atoms with van der Waals surface area (Å²) in [6.45, 7) is 0.923. The first-order chi connectivity index (χ1) is 21.2. The predicted molar refractivity (Wildman–Crippen MR) is 159 cm³/mol. The van der Waals surface area contributed by atoms with Gasteiger partial charge in [-0.2, -0.15) is 0 Å². The van der Waals surface area contributed by atoms with Crippen molar-refractivity contribution in [1.82, 2.24) is 20.1 Å². The Hall–Kier alpha value is -4.24. The Morgan fingerprint density at radius 1 is 1.30 bits per heavy atom. The summed E-state index contributed by atoms with van der Waals surface area (Å²) in [5.74, 6) is -2.77. The first-order valence-electron chi connectivity index (χ1n) is 14.3. The number of oxime groups is 1. The van der Waals surface area contributed by atoms with Crippen LogP contribution in [0.25, 0.3) is 0 Å².